The topological polar surface area (TPSA) is 70.2 Å². The van der Waals surface area contributed by atoms with Crippen LogP contribution in [0.3, 0.4) is 0 Å². The normalized spacial score (nSPS) is 10.3. The van der Waals surface area contributed by atoms with Crippen molar-refractivity contribution < 1.29 is 18.4 Å². The highest BCUT2D eigenvalue weighted by molar-refractivity contribution is 5.94. The Bertz CT molecular complexity index is 781. The maximum atomic E-state index is 13.4. The van der Waals surface area contributed by atoms with E-state index in [9.17, 15) is 18.4 Å². The van der Waals surface area contributed by atoms with Crippen molar-refractivity contribution in [1.29, 1.82) is 0 Å². The van der Waals surface area contributed by atoms with Crippen LogP contribution < -0.4 is 16.0 Å². The number of carbonyl (C=O) groups is 2. The van der Waals surface area contributed by atoms with Crippen LogP contribution in [0.1, 0.15) is 21.5 Å². The molecule has 2 rings (SSSR count). The van der Waals surface area contributed by atoms with E-state index in [4.69, 9.17) is 0 Å². The SMILES string of the molecule is Cc1ccc(C(=O)NCCNC(=O)NCCc2cccc(F)c2)cc1F. The van der Waals surface area contributed by atoms with Gasteiger partial charge in [-0.1, -0.05) is 18.2 Å². The third kappa shape index (κ3) is 6.16. The number of nitrogens with one attached hydrogen (secondary N) is 3. The first-order valence-electron chi connectivity index (χ1n) is 8.26. The van der Waals surface area contributed by atoms with Gasteiger partial charge in [0.15, 0.2) is 0 Å². The van der Waals surface area contributed by atoms with Crippen molar-refractivity contribution in [2.75, 3.05) is 19.6 Å². The summed E-state index contributed by atoms with van der Waals surface area (Å²) in [5.41, 5.74) is 1.49. The predicted octanol–water partition coefficient (Wildman–Crippen LogP) is 2.54. The first-order chi connectivity index (χ1) is 12.5. The number of urea groups is 1. The Labute approximate surface area is 150 Å². The molecule has 0 radical (unpaired) electrons. The lowest BCUT2D eigenvalue weighted by atomic mass is 10.1. The summed E-state index contributed by atoms with van der Waals surface area (Å²) in [5.74, 6) is -1.15. The number of halogens is 2. The highest BCUT2D eigenvalue weighted by atomic mass is 19.1. The van der Waals surface area contributed by atoms with Crippen LogP contribution in [0.15, 0.2) is 42.5 Å². The quantitative estimate of drug-likeness (QED) is 0.664. The Balaban J connectivity index is 1.62. The standard InChI is InChI=1S/C19H21F2N3O2/c1-13-5-6-15(12-17(13)21)18(25)22-9-10-24-19(26)23-8-7-14-3-2-4-16(20)11-14/h2-6,11-12H,7-10H2,1H3,(H,22,25)(H2,23,24,26). The van der Waals surface area contributed by atoms with Crippen LogP contribution in [-0.2, 0) is 6.42 Å². The van der Waals surface area contributed by atoms with Crippen molar-refractivity contribution in [1.82, 2.24) is 16.0 Å². The van der Waals surface area contributed by atoms with E-state index in [1.807, 2.05) is 0 Å². The number of benzene rings is 2. The van der Waals surface area contributed by atoms with Gasteiger partial charge < -0.3 is 16.0 Å². The maximum absolute atomic E-state index is 13.4. The Kier molecular flexibility index (Phi) is 7.08. The van der Waals surface area contributed by atoms with E-state index >= 15 is 0 Å². The molecule has 0 saturated carbocycles. The van der Waals surface area contributed by atoms with Gasteiger partial charge in [0.05, 0.1) is 0 Å². The lowest BCUT2D eigenvalue weighted by Crippen LogP contribution is -2.40. The summed E-state index contributed by atoms with van der Waals surface area (Å²) in [6, 6.07) is 10.1. The van der Waals surface area contributed by atoms with E-state index in [0.717, 1.165) is 5.56 Å². The molecule has 0 atom stereocenters. The molecule has 0 unspecified atom stereocenters. The van der Waals surface area contributed by atoms with Crippen LogP contribution in [0.5, 0.6) is 0 Å². The molecule has 3 amide bonds. The second kappa shape index (κ2) is 9.50. The third-order valence-corrected chi connectivity index (χ3v) is 3.72. The van der Waals surface area contributed by atoms with Gasteiger partial charge in [-0.3, -0.25) is 4.79 Å². The summed E-state index contributed by atoms with van der Waals surface area (Å²) in [4.78, 5) is 23.5. The minimum atomic E-state index is -0.437. The molecule has 2 aromatic rings. The molecular weight excluding hydrogens is 340 g/mol. The Morgan fingerprint density at radius 3 is 2.38 bits per heavy atom. The zero-order chi connectivity index (χ0) is 18.9. The first-order valence-corrected chi connectivity index (χ1v) is 8.26. The maximum Gasteiger partial charge on any atom is 0.314 e. The fourth-order valence-electron chi connectivity index (χ4n) is 2.26. The van der Waals surface area contributed by atoms with E-state index in [1.54, 1.807) is 25.1 Å². The summed E-state index contributed by atoms with van der Waals surface area (Å²) >= 11 is 0. The first kappa shape index (κ1) is 19.4. The second-order valence-corrected chi connectivity index (χ2v) is 5.78. The minimum Gasteiger partial charge on any atom is -0.350 e. The molecule has 0 aromatic heterocycles. The average molecular weight is 361 g/mol. The van der Waals surface area contributed by atoms with E-state index in [0.29, 0.717) is 18.5 Å². The molecule has 0 fully saturated rings. The molecule has 0 heterocycles. The van der Waals surface area contributed by atoms with Crippen molar-refractivity contribution in [2.24, 2.45) is 0 Å². The molecule has 26 heavy (non-hydrogen) atoms. The van der Waals surface area contributed by atoms with Gasteiger partial charge in [-0.05, 0) is 48.7 Å². The Morgan fingerprint density at radius 2 is 1.65 bits per heavy atom. The summed E-state index contributed by atoms with van der Waals surface area (Å²) < 4.78 is 26.5. The molecule has 5 nitrogen and oxygen atoms in total. The van der Waals surface area contributed by atoms with Crippen molar-refractivity contribution in [3.8, 4) is 0 Å². The molecule has 0 bridgehead atoms. The van der Waals surface area contributed by atoms with E-state index in [2.05, 4.69) is 16.0 Å². The monoisotopic (exact) mass is 361 g/mol. The van der Waals surface area contributed by atoms with Crippen LogP contribution in [0.25, 0.3) is 0 Å². The highest BCUT2D eigenvalue weighted by Crippen LogP contribution is 2.08. The minimum absolute atomic E-state index is 0.214. The molecular formula is C19H21F2N3O2. The van der Waals surface area contributed by atoms with Gasteiger partial charge in [-0.2, -0.15) is 0 Å². The average Bonchev–Trinajstić information content (AvgIpc) is 2.61. The smallest absolute Gasteiger partial charge is 0.314 e. The van der Waals surface area contributed by atoms with Crippen LogP contribution in [0.4, 0.5) is 13.6 Å². The molecule has 7 heteroatoms. The van der Waals surface area contributed by atoms with E-state index in [-0.39, 0.29) is 30.5 Å². The molecule has 0 aliphatic heterocycles. The number of rotatable bonds is 7. The van der Waals surface area contributed by atoms with Crippen molar-refractivity contribution in [3.63, 3.8) is 0 Å². The number of amides is 3. The van der Waals surface area contributed by atoms with Gasteiger partial charge in [-0.25, -0.2) is 13.6 Å². The molecule has 0 spiro atoms. The number of hydrogen-bond acceptors (Lipinski definition) is 2. The number of carbonyl (C=O) groups excluding carboxylic acids is 2. The number of hydrogen-bond donors (Lipinski definition) is 3. The van der Waals surface area contributed by atoms with E-state index in [1.165, 1.54) is 24.3 Å². The fourth-order valence-corrected chi connectivity index (χ4v) is 2.26. The summed E-state index contributed by atoms with van der Waals surface area (Å²) in [6.45, 7) is 2.43. The number of aryl methyl sites for hydroxylation is 1. The van der Waals surface area contributed by atoms with Gasteiger partial charge in [0.25, 0.3) is 5.91 Å². The Hall–Kier alpha value is -2.96. The van der Waals surface area contributed by atoms with Crippen molar-refractivity contribution in [3.05, 3.63) is 70.8 Å². The molecule has 0 saturated heterocycles. The lowest BCUT2D eigenvalue weighted by molar-refractivity contribution is 0.0953. The van der Waals surface area contributed by atoms with Crippen LogP contribution in [0, 0.1) is 18.6 Å². The van der Waals surface area contributed by atoms with Crippen LogP contribution >= 0.6 is 0 Å². The van der Waals surface area contributed by atoms with Crippen LogP contribution in [-0.4, -0.2) is 31.6 Å². The Morgan fingerprint density at radius 1 is 0.923 bits per heavy atom. The summed E-state index contributed by atoms with van der Waals surface area (Å²) in [7, 11) is 0. The summed E-state index contributed by atoms with van der Waals surface area (Å²) in [6.07, 6.45) is 0.515. The van der Waals surface area contributed by atoms with Crippen LogP contribution in [0.2, 0.25) is 0 Å². The molecule has 3 N–H and O–H groups in total. The zero-order valence-electron chi connectivity index (χ0n) is 14.4. The van der Waals surface area contributed by atoms with Gasteiger partial charge in [0.2, 0.25) is 0 Å². The van der Waals surface area contributed by atoms with Gasteiger partial charge >= 0.3 is 6.03 Å². The van der Waals surface area contributed by atoms with Gasteiger partial charge in [0.1, 0.15) is 11.6 Å². The predicted molar refractivity (Wildman–Crippen MR) is 95.0 cm³/mol. The molecule has 138 valence electrons. The molecule has 0 aliphatic carbocycles. The van der Waals surface area contributed by atoms with Gasteiger partial charge in [0, 0.05) is 25.2 Å². The van der Waals surface area contributed by atoms with Crippen molar-refractivity contribution in [2.45, 2.75) is 13.3 Å². The van der Waals surface area contributed by atoms with Crippen molar-refractivity contribution >= 4 is 11.9 Å². The lowest BCUT2D eigenvalue weighted by Gasteiger charge is -2.09. The largest absolute Gasteiger partial charge is 0.350 e. The molecule has 2 aromatic carbocycles. The van der Waals surface area contributed by atoms with E-state index < -0.39 is 11.7 Å². The second-order valence-electron chi connectivity index (χ2n) is 5.78. The highest BCUT2D eigenvalue weighted by Gasteiger charge is 2.07. The zero-order valence-corrected chi connectivity index (χ0v) is 14.4. The van der Waals surface area contributed by atoms with Gasteiger partial charge in [-0.15, -0.1) is 0 Å². The molecule has 0 aliphatic rings. The fraction of sp³-hybridized carbons (Fsp3) is 0.263. The summed E-state index contributed by atoms with van der Waals surface area (Å²) in [5, 5.41) is 7.84. The third-order valence-electron chi connectivity index (χ3n) is 3.72.